The molecule has 0 aromatic heterocycles. The minimum absolute atomic E-state index is 0.000221. The summed E-state index contributed by atoms with van der Waals surface area (Å²) in [5, 5.41) is 11.0. The van der Waals surface area contributed by atoms with E-state index in [1.807, 2.05) is 6.08 Å². The van der Waals surface area contributed by atoms with Crippen molar-refractivity contribution in [2.24, 2.45) is 56.7 Å². The van der Waals surface area contributed by atoms with Crippen LogP contribution in [0.25, 0.3) is 0 Å². The first-order valence-corrected chi connectivity index (χ1v) is 15.9. The molecule has 0 unspecified atom stereocenters. The van der Waals surface area contributed by atoms with Crippen LogP contribution in [0.1, 0.15) is 119 Å². The SMILES string of the molecule is C=CCCC(=O)OC[C@]12CC[C@@H](C(=C)C)[C@@H]1[C@H]1CC[C@@H]3[C@@]4(C)CC[C@H](O)C(C)(C)[C@@H]4CC[C@@]3(C)[C@]1(C)CC2. The molecule has 10 atom stereocenters. The van der Waals surface area contributed by atoms with Gasteiger partial charge in [-0.25, -0.2) is 0 Å². The third-order valence-electron chi connectivity index (χ3n) is 14.3. The van der Waals surface area contributed by atoms with Gasteiger partial charge in [0, 0.05) is 11.8 Å². The number of aliphatic hydroxyl groups is 1. The molecule has 0 bridgehead atoms. The summed E-state index contributed by atoms with van der Waals surface area (Å²) in [6, 6.07) is 0. The number of hydrogen-bond donors (Lipinski definition) is 1. The van der Waals surface area contributed by atoms with Crippen molar-refractivity contribution in [3.05, 3.63) is 24.8 Å². The monoisotopic (exact) mass is 524 g/mol. The van der Waals surface area contributed by atoms with Gasteiger partial charge in [0.1, 0.15) is 0 Å². The van der Waals surface area contributed by atoms with E-state index in [0.29, 0.717) is 59.4 Å². The molecule has 0 aliphatic heterocycles. The maximum Gasteiger partial charge on any atom is 0.306 e. The molecule has 5 rings (SSSR count). The molecule has 38 heavy (non-hydrogen) atoms. The van der Waals surface area contributed by atoms with Crippen LogP contribution in [0.5, 0.6) is 0 Å². The minimum atomic E-state index is -0.170. The van der Waals surface area contributed by atoms with Gasteiger partial charge in [-0.15, -0.1) is 6.58 Å². The molecule has 5 saturated carbocycles. The van der Waals surface area contributed by atoms with E-state index in [-0.39, 0.29) is 22.9 Å². The first kappa shape index (κ1) is 28.4. The summed E-state index contributed by atoms with van der Waals surface area (Å²) < 4.78 is 6.04. The normalized spacial score (nSPS) is 49.1. The van der Waals surface area contributed by atoms with E-state index in [2.05, 4.69) is 54.7 Å². The Bertz CT molecular complexity index is 966. The Balaban J connectivity index is 1.47. The molecule has 0 spiro atoms. The molecule has 0 heterocycles. The second-order valence-corrected chi connectivity index (χ2v) is 15.9. The number of allylic oxidation sites excluding steroid dienone is 2. The molecule has 0 radical (unpaired) electrons. The Labute approximate surface area is 233 Å². The molecule has 5 aliphatic rings. The fraction of sp³-hybridized carbons (Fsp3) is 0.857. The van der Waals surface area contributed by atoms with Crippen molar-refractivity contribution in [3.8, 4) is 0 Å². The van der Waals surface area contributed by atoms with E-state index < -0.39 is 0 Å². The molecule has 1 N–H and O–H groups in total. The summed E-state index contributed by atoms with van der Waals surface area (Å²) in [5.41, 5.74) is 2.36. The molecule has 5 fully saturated rings. The maximum atomic E-state index is 12.6. The average molecular weight is 525 g/mol. The lowest BCUT2D eigenvalue weighted by Crippen LogP contribution is -2.66. The largest absolute Gasteiger partial charge is 0.465 e. The summed E-state index contributed by atoms with van der Waals surface area (Å²) in [4.78, 5) is 12.6. The zero-order valence-corrected chi connectivity index (χ0v) is 25.4. The summed E-state index contributed by atoms with van der Waals surface area (Å²) in [7, 11) is 0. The van der Waals surface area contributed by atoms with Gasteiger partial charge >= 0.3 is 5.97 Å². The predicted octanol–water partition coefficient (Wildman–Crippen LogP) is 8.51. The highest BCUT2D eigenvalue weighted by Gasteiger charge is 2.70. The zero-order valence-electron chi connectivity index (χ0n) is 25.4. The Morgan fingerprint density at radius 1 is 0.921 bits per heavy atom. The Hall–Kier alpha value is -1.09. The van der Waals surface area contributed by atoms with E-state index in [4.69, 9.17) is 4.74 Å². The van der Waals surface area contributed by atoms with E-state index in [1.165, 1.54) is 63.4 Å². The van der Waals surface area contributed by atoms with Crippen LogP contribution in [-0.4, -0.2) is 23.8 Å². The Morgan fingerprint density at radius 2 is 1.66 bits per heavy atom. The topological polar surface area (TPSA) is 46.5 Å². The van der Waals surface area contributed by atoms with Crippen LogP contribution in [0.15, 0.2) is 24.8 Å². The summed E-state index contributed by atoms with van der Waals surface area (Å²) >= 11 is 0. The van der Waals surface area contributed by atoms with E-state index in [0.717, 1.165) is 12.3 Å². The van der Waals surface area contributed by atoms with E-state index in [1.54, 1.807) is 0 Å². The van der Waals surface area contributed by atoms with Crippen molar-refractivity contribution in [1.82, 2.24) is 0 Å². The van der Waals surface area contributed by atoms with Crippen molar-refractivity contribution >= 4 is 5.97 Å². The average Bonchev–Trinajstić information content (AvgIpc) is 3.25. The van der Waals surface area contributed by atoms with Crippen molar-refractivity contribution < 1.29 is 14.6 Å². The summed E-state index contributed by atoms with van der Waals surface area (Å²) in [6.45, 7) is 23.8. The van der Waals surface area contributed by atoms with Crippen LogP contribution in [0.4, 0.5) is 0 Å². The standard InChI is InChI=1S/C35H56O3/c1-9-10-11-29(37)38-22-35-19-14-24(23(2)3)30(35)25-12-13-27-32(6)17-16-28(36)31(4,5)26(32)15-18-34(27,8)33(25,7)20-21-35/h9,24-28,30,36H,1-2,10-22H2,3-8H3/t24-,25+,26-,27+,28-,30+,32-,33+,34+,35+/m0/s1. The lowest BCUT2D eigenvalue weighted by Gasteiger charge is -2.73. The van der Waals surface area contributed by atoms with Crippen molar-refractivity contribution in [3.63, 3.8) is 0 Å². The molecule has 214 valence electrons. The summed E-state index contributed by atoms with van der Waals surface area (Å²) in [6.07, 6.45) is 14.8. The smallest absolute Gasteiger partial charge is 0.306 e. The number of esters is 1. The van der Waals surface area contributed by atoms with Gasteiger partial charge in [-0.05, 0) is 129 Å². The van der Waals surface area contributed by atoms with Gasteiger partial charge in [0.15, 0.2) is 0 Å². The fourth-order valence-electron chi connectivity index (χ4n) is 12.0. The van der Waals surface area contributed by atoms with Gasteiger partial charge < -0.3 is 9.84 Å². The first-order valence-electron chi connectivity index (χ1n) is 15.9. The Morgan fingerprint density at radius 3 is 2.34 bits per heavy atom. The van der Waals surface area contributed by atoms with Crippen molar-refractivity contribution in [2.45, 2.75) is 125 Å². The zero-order chi connectivity index (χ0) is 27.7. The Kier molecular flexibility index (Phi) is 7.10. The number of carbonyl (C=O) groups is 1. The molecule has 3 nitrogen and oxygen atoms in total. The van der Waals surface area contributed by atoms with Gasteiger partial charge in [-0.3, -0.25) is 4.79 Å². The number of ether oxygens (including phenoxy) is 1. The third-order valence-corrected chi connectivity index (χ3v) is 14.3. The summed E-state index contributed by atoms with van der Waals surface area (Å²) in [5.74, 6) is 3.03. The van der Waals surface area contributed by atoms with Gasteiger partial charge in [-0.1, -0.05) is 52.8 Å². The van der Waals surface area contributed by atoms with Crippen molar-refractivity contribution in [1.29, 1.82) is 0 Å². The number of rotatable bonds is 6. The molecule has 0 amide bonds. The van der Waals surface area contributed by atoms with E-state index in [9.17, 15) is 9.90 Å². The number of fused-ring (bicyclic) bond motifs is 7. The van der Waals surface area contributed by atoms with Gasteiger partial charge in [-0.2, -0.15) is 0 Å². The first-order chi connectivity index (χ1) is 17.8. The lowest BCUT2D eigenvalue weighted by molar-refractivity contribution is -0.250. The van der Waals surface area contributed by atoms with Crippen LogP contribution in [0.2, 0.25) is 0 Å². The van der Waals surface area contributed by atoms with Crippen molar-refractivity contribution in [2.75, 3.05) is 6.61 Å². The molecule has 3 heteroatoms. The quantitative estimate of drug-likeness (QED) is 0.280. The van der Waals surface area contributed by atoms with Crippen LogP contribution < -0.4 is 0 Å². The van der Waals surface area contributed by atoms with Crippen LogP contribution in [0, 0.1) is 56.7 Å². The number of aliphatic hydroxyl groups excluding tert-OH is 1. The number of carbonyl (C=O) groups excluding carboxylic acids is 1. The maximum absolute atomic E-state index is 12.6. The van der Waals surface area contributed by atoms with Gasteiger partial charge in [0.2, 0.25) is 0 Å². The fourth-order valence-corrected chi connectivity index (χ4v) is 12.0. The highest BCUT2D eigenvalue weighted by molar-refractivity contribution is 5.69. The molecule has 0 saturated heterocycles. The molecule has 0 aromatic rings. The van der Waals surface area contributed by atoms with E-state index >= 15 is 0 Å². The van der Waals surface area contributed by atoms with Crippen LogP contribution in [-0.2, 0) is 9.53 Å². The third kappa shape index (κ3) is 3.87. The second-order valence-electron chi connectivity index (χ2n) is 15.9. The highest BCUT2D eigenvalue weighted by Crippen LogP contribution is 2.77. The highest BCUT2D eigenvalue weighted by atomic mass is 16.5. The molecular weight excluding hydrogens is 468 g/mol. The predicted molar refractivity (Wildman–Crippen MR) is 155 cm³/mol. The van der Waals surface area contributed by atoms with Crippen LogP contribution >= 0.6 is 0 Å². The lowest BCUT2D eigenvalue weighted by atomic mass is 9.32. The number of hydrogen-bond acceptors (Lipinski definition) is 3. The van der Waals surface area contributed by atoms with Crippen LogP contribution in [0.3, 0.4) is 0 Å². The molecular formula is C35H56O3. The van der Waals surface area contributed by atoms with Gasteiger partial charge in [0.25, 0.3) is 0 Å². The molecule has 5 aliphatic carbocycles. The molecule has 0 aromatic carbocycles. The second kappa shape index (κ2) is 9.49. The van der Waals surface area contributed by atoms with Gasteiger partial charge in [0.05, 0.1) is 12.7 Å². The minimum Gasteiger partial charge on any atom is -0.465 e.